The molecule has 2 N–H and O–H groups in total. The second-order valence-corrected chi connectivity index (χ2v) is 7.86. The molecule has 21 heavy (non-hydrogen) atoms. The van der Waals surface area contributed by atoms with Crippen molar-refractivity contribution in [1.82, 2.24) is 4.98 Å². The summed E-state index contributed by atoms with van der Waals surface area (Å²) >= 11 is 0. The lowest BCUT2D eigenvalue weighted by Gasteiger charge is -2.38. The number of nitrogens with zero attached hydrogens (tertiary/aromatic N) is 1. The second-order valence-electron chi connectivity index (χ2n) is 7.86. The van der Waals surface area contributed by atoms with Gasteiger partial charge < -0.3 is 5.73 Å². The molecule has 0 aromatic carbocycles. The maximum Gasteiger partial charge on any atom is 0.0419 e. The van der Waals surface area contributed by atoms with Gasteiger partial charge in [0.2, 0.25) is 0 Å². The lowest BCUT2D eigenvalue weighted by atomic mass is 9.68. The lowest BCUT2D eigenvalue weighted by molar-refractivity contribution is 0.139. The smallest absolute Gasteiger partial charge is 0.0419 e. The number of aromatic nitrogens is 1. The molecular formula is C19H32N2. The molecule has 0 radical (unpaired) electrons. The van der Waals surface area contributed by atoms with E-state index in [1.54, 1.807) is 0 Å². The Kier molecular flexibility index (Phi) is 5.43. The van der Waals surface area contributed by atoms with E-state index in [9.17, 15) is 0 Å². The van der Waals surface area contributed by atoms with Crippen molar-refractivity contribution in [2.75, 3.05) is 0 Å². The number of aryl methyl sites for hydroxylation is 1. The predicted molar refractivity (Wildman–Crippen MR) is 90.2 cm³/mol. The van der Waals surface area contributed by atoms with Gasteiger partial charge in [-0.25, -0.2) is 0 Å². The SMILES string of the molecule is CCc1ccc(CC(N)C2CCC(C(C)(C)C)CC2)nc1. The van der Waals surface area contributed by atoms with E-state index in [1.807, 2.05) is 6.20 Å². The largest absolute Gasteiger partial charge is 0.327 e. The third kappa shape index (κ3) is 4.54. The highest BCUT2D eigenvalue weighted by Crippen LogP contribution is 2.40. The van der Waals surface area contributed by atoms with E-state index in [4.69, 9.17) is 5.73 Å². The standard InChI is InChI=1S/C19H32N2/c1-5-14-6-11-17(21-13-14)12-18(20)15-7-9-16(10-8-15)19(2,3)4/h6,11,13,15-16,18H,5,7-10,12,20H2,1-4H3. The maximum atomic E-state index is 6.47. The van der Waals surface area contributed by atoms with Crippen molar-refractivity contribution in [2.45, 2.75) is 72.3 Å². The van der Waals surface area contributed by atoms with Crippen LogP contribution in [0.5, 0.6) is 0 Å². The second kappa shape index (κ2) is 6.91. The average Bonchev–Trinajstić information content (AvgIpc) is 2.47. The number of nitrogens with two attached hydrogens (primary N) is 1. The fraction of sp³-hybridized carbons (Fsp3) is 0.737. The van der Waals surface area contributed by atoms with Gasteiger partial charge in [-0.2, -0.15) is 0 Å². The summed E-state index contributed by atoms with van der Waals surface area (Å²) in [5, 5.41) is 0. The highest BCUT2D eigenvalue weighted by molar-refractivity contribution is 5.14. The predicted octanol–water partition coefficient (Wildman–Crippen LogP) is 4.37. The van der Waals surface area contributed by atoms with E-state index in [2.05, 4.69) is 44.8 Å². The number of hydrogen-bond donors (Lipinski definition) is 1. The molecule has 1 heterocycles. The summed E-state index contributed by atoms with van der Waals surface area (Å²) in [6.45, 7) is 9.28. The van der Waals surface area contributed by atoms with Gasteiger partial charge in [-0.15, -0.1) is 0 Å². The minimum absolute atomic E-state index is 0.269. The van der Waals surface area contributed by atoms with E-state index >= 15 is 0 Å². The van der Waals surface area contributed by atoms with Crippen LogP contribution in [0.2, 0.25) is 0 Å². The molecular weight excluding hydrogens is 256 g/mol. The zero-order chi connectivity index (χ0) is 15.5. The molecule has 1 aliphatic carbocycles. The van der Waals surface area contributed by atoms with E-state index < -0.39 is 0 Å². The molecule has 2 heteroatoms. The van der Waals surface area contributed by atoms with Gasteiger partial charge in [-0.05, 0) is 61.0 Å². The van der Waals surface area contributed by atoms with Gasteiger partial charge in [-0.3, -0.25) is 4.98 Å². The molecule has 1 aromatic heterocycles. The highest BCUT2D eigenvalue weighted by Gasteiger charge is 2.31. The first kappa shape index (κ1) is 16.5. The Labute approximate surface area is 130 Å². The summed E-state index contributed by atoms with van der Waals surface area (Å²) < 4.78 is 0. The van der Waals surface area contributed by atoms with Crippen LogP contribution < -0.4 is 5.73 Å². The fourth-order valence-corrected chi connectivity index (χ4v) is 3.61. The quantitative estimate of drug-likeness (QED) is 0.893. The number of hydrogen-bond acceptors (Lipinski definition) is 2. The van der Waals surface area contributed by atoms with Gasteiger partial charge in [-0.1, -0.05) is 33.8 Å². The number of pyridine rings is 1. The van der Waals surface area contributed by atoms with Crippen LogP contribution >= 0.6 is 0 Å². The van der Waals surface area contributed by atoms with Crippen LogP contribution in [0, 0.1) is 17.3 Å². The van der Waals surface area contributed by atoms with Gasteiger partial charge >= 0.3 is 0 Å². The van der Waals surface area contributed by atoms with Gasteiger partial charge in [0.1, 0.15) is 0 Å². The van der Waals surface area contributed by atoms with Gasteiger partial charge in [0.25, 0.3) is 0 Å². The van der Waals surface area contributed by atoms with Crippen LogP contribution in [0.3, 0.4) is 0 Å². The number of rotatable bonds is 4. The zero-order valence-corrected chi connectivity index (χ0v) is 14.2. The fourth-order valence-electron chi connectivity index (χ4n) is 3.61. The first-order valence-corrected chi connectivity index (χ1v) is 8.59. The van der Waals surface area contributed by atoms with Crippen LogP contribution in [0.4, 0.5) is 0 Å². The Bertz CT molecular complexity index is 422. The average molecular weight is 288 g/mol. The first-order chi connectivity index (χ1) is 9.90. The third-order valence-corrected chi connectivity index (χ3v) is 5.34. The van der Waals surface area contributed by atoms with E-state index in [0.717, 1.165) is 24.5 Å². The van der Waals surface area contributed by atoms with E-state index in [1.165, 1.54) is 31.2 Å². The summed E-state index contributed by atoms with van der Waals surface area (Å²) in [4.78, 5) is 4.56. The van der Waals surface area contributed by atoms with Crippen molar-refractivity contribution in [3.8, 4) is 0 Å². The molecule has 0 spiro atoms. The molecule has 1 aliphatic rings. The first-order valence-electron chi connectivity index (χ1n) is 8.59. The van der Waals surface area contributed by atoms with Crippen molar-refractivity contribution in [3.63, 3.8) is 0 Å². The van der Waals surface area contributed by atoms with Crippen molar-refractivity contribution in [3.05, 3.63) is 29.6 Å². The van der Waals surface area contributed by atoms with E-state index in [0.29, 0.717) is 11.3 Å². The molecule has 2 rings (SSSR count). The molecule has 0 amide bonds. The van der Waals surface area contributed by atoms with Crippen molar-refractivity contribution in [2.24, 2.45) is 23.0 Å². The lowest BCUT2D eigenvalue weighted by Crippen LogP contribution is -2.37. The van der Waals surface area contributed by atoms with Gasteiger partial charge in [0, 0.05) is 24.4 Å². The molecule has 0 bridgehead atoms. The highest BCUT2D eigenvalue weighted by atomic mass is 14.7. The van der Waals surface area contributed by atoms with Gasteiger partial charge in [0.15, 0.2) is 0 Å². The van der Waals surface area contributed by atoms with Crippen LogP contribution in [-0.4, -0.2) is 11.0 Å². The minimum atomic E-state index is 0.269. The van der Waals surface area contributed by atoms with E-state index in [-0.39, 0.29) is 6.04 Å². The molecule has 1 fully saturated rings. The summed E-state index contributed by atoms with van der Waals surface area (Å²) in [5.41, 5.74) is 9.37. The molecule has 0 saturated heterocycles. The molecule has 1 saturated carbocycles. The zero-order valence-electron chi connectivity index (χ0n) is 14.2. The Hall–Kier alpha value is -0.890. The third-order valence-electron chi connectivity index (χ3n) is 5.34. The maximum absolute atomic E-state index is 6.47. The van der Waals surface area contributed by atoms with Crippen LogP contribution in [0.25, 0.3) is 0 Å². The molecule has 0 aliphatic heterocycles. The molecule has 1 atom stereocenters. The van der Waals surface area contributed by atoms with Crippen molar-refractivity contribution >= 4 is 0 Å². The topological polar surface area (TPSA) is 38.9 Å². The van der Waals surface area contributed by atoms with Gasteiger partial charge in [0.05, 0.1) is 0 Å². The monoisotopic (exact) mass is 288 g/mol. The molecule has 1 unspecified atom stereocenters. The van der Waals surface area contributed by atoms with Crippen LogP contribution in [0.15, 0.2) is 18.3 Å². The summed E-state index contributed by atoms with van der Waals surface area (Å²) in [6, 6.07) is 4.61. The Balaban J connectivity index is 1.85. The Morgan fingerprint density at radius 3 is 2.33 bits per heavy atom. The van der Waals surface area contributed by atoms with Crippen molar-refractivity contribution < 1.29 is 0 Å². The summed E-state index contributed by atoms with van der Waals surface area (Å²) in [6.07, 6.45) is 9.23. The molecule has 1 aromatic rings. The Morgan fingerprint density at radius 2 is 1.86 bits per heavy atom. The van der Waals surface area contributed by atoms with Crippen molar-refractivity contribution in [1.29, 1.82) is 0 Å². The minimum Gasteiger partial charge on any atom is -0.327 e. The summed E-state index contributed by atoms with van der Waals surface area (Å²) in [7, 11) is 0. The Morgan fingerprint density at radius 1 is 1.19 bits per heavy atom. The summed E-state index contributed by atoms with van der Waals surface area (Å²) in [5.74, 6) is 1.54. The molecule has 2 nitrogen and oxygen atoms in total. The van der Waals surface area contributed by atoms with Crippen LogP contribution in [-0.2, 0) is 12.8 Å². The normalized spacial score (nSPS) is 24.8. The van der Waals surface area contributed by atoms with Crippen LogP contribution in [0.1, 0.15) is 64.6 Å². The molecule has 118 valence electrons.